The third-order valence-electron chi connectivity index (χ3n) is 2.42. The van der Waals surface area contributed by atoms with E-state index in [0.29, 0.717) is 17.0 Å². The Morgan fingerprint density at radius 1 is 1.26 bits per heavy atom. The third kappa shape index (κ3) is 2.98. The molecule has 0 fully saturated rings. The number of nitrogens with one attached hydrogen (secondary N) is 1. The van der Waals surface area contributed by atoms with Gasteiger partial charge in [0, 0.05) is 11.8 Å². The maximum absolute atomic E-state index is 11.8. The highest BCUT2D eigenvalue weighted by Gasteiger charge is 2.11. The average Bonchev–Trinajstić information content (AvgIpc) is 2.85. The number of benzene rings is 1. The molecule has 0 radical (unpaired) electrons. The first-order valence-corrected chi connectivity index (χ1v) is 5.53. The molecule has 2 rings (SSSR count). The van der Waals surface area contributed by atoms with Crippen LogP contribution in [0.2, 0.25) is 0 Å². The lowest BCUT2D eigenvalue weighted by atomic mass is 10.2. The van der Waals surface area contributed by atoms with E-state index in [-0.39, 0.29) is 11.6 Å². The molecule has 0 aliphatic carbocycles. The van der Waals surface area contributed by atoms with Crippen LogP contribution in [0, 0.1) is 6.92 Å². The van der Waals surface area contributed by atoms with Crippen LogP contribution in [0.3, 0.4) is 0 Å². The van der Waals surface area contributed by atoms with Crippen LogP contribution >= 0.6 is 0 Å². The van der Waals surface area contributed by atoms with E-state index in [1.54, 1.807) is 31.2 Å². The van der Waals surface area contributed by atoms with Gasteiger partial charge in [0.1, 0.15) is 5.76 Å². The van der Waals surface area contributed by atoms with E-state index in [2.05, 4.69) is 15.2 Å². The number of aryl methyl sites for hydroxylation is 1. The molecule has 0 unspecified atom stereocenters. The molecule has 0 atom stereocenters. The smallest absolute Gasteiger partial charge is 0.337 e. The van der Waals surface area contributed by atoms with Gasteiger partial charge in [0.25, 0.3) is 5.91 Å². The highest BCUT2D eigenvalue weighted by Crippen LogP contribution is 2.12. The highest BCUT2D eigenvalue weighted by atomic mass is 16.5. The summed E-state index contributed by atoms with van der Waals surface area (Å²) in [4.78, 5) is 23.0. The fraction of sp³-hybridized carbons (Fsp3) is 0.154. The second-order valence-electron chi connectivity index (χ2n) is 3.85. The van der Waals surface area contributed by atoms with Gasteiger partial charge in [-0.3, -0.25) is 4.79 Å². The maximum atomic E-state index is 11.8. The molecule has 0 aliphatic heterocycles. The van der Waals surface area contributed by atoms with Gasteiger partial charge < -0.3 is 14.6 Å². The Bertz CT molecular complexity index is 601. The van der Waals surface area contributed by atoms with Crippen LogP contribution in [0.4, 0.5) is 5.69 Å². The minimum Gasteiger partial charge on any atom is -0.465 e. The Kier molecular flexibility index (Phi) is 3.61. The Morgan fingerprint density at radius 3 is 2.47 bits per heavy atom. The standard InChI is InChI=1S/C13H12N2O4/c1-8-7-11(15-19-8)12(16)14-10-5-3-9(4-6-10)13(17)18-2/h3-7H,1-2H3,(H,14,16). The van der Waals surface area contributed by atoms with Crippen LogP contribution in [-0.2, 0) is 4.74 Å². The molecular weight excluding hydrogens is 248 g/mol. The Hall–Kier alpha value is -2.63. The summed E-state index contributed by atoms with van der Waals surface area (Å²) in [6.45, 7) is 1.70. The van der Waals surface area contributed by atoms with Crippen molar-refractivity contribution in [3.05, 3.63) is 47.3 Å². The van der Waals surface area contributed by atoms with Crippen molar-refractivity contribution in [2.45, 2.75) is 6.92 Å². The van der Waals surface area contributed by atoms with Crippen molar-refractivity contribution in [1.29, 1.82) is 0 Å². The summed E-state index contributed by atoms with van der Waals surface area (Å²) in [7, 11) is 1.31. The van der Waals surface area contributed by atoms with Crippen molar-refractivity contribution in [3.63, 3.8) is 0 Å². The largest absolute Gasteiger partial charge is 0.465 e. The molecule has 6 heteroatoms. The Morgan fingerprint density at radius 2 is 1.95 bits per heavy atom. The predicted octanol–water partition coefficient (Wildman–Crippen LogP) is 2.02. The van der Waals surface area contributed by atoms with Gasteiger partial charge >= 0.3 is 5.97 Å². The molecule has 0 saturated carbocycles. The topological polar surface area (TPSA) is 81.4 Å². The number of carbonyl (C=O) groups is 2. The molecule has 19 heavy (non-hydrogen) atoms. The number of hydrogen-bond acceptors (Lipinski definition) is 5. The van der Waals surface area contributed by atoms with E-state index in [1.807, 2.05) is 0 Å². The van der Waals surface area contributed by atoms with Gasteiger partial charge in [0.2, 0.25) is 0 Å². The monoisotopic (exact) mass is 260 g/mol. The number of amides is 1. The van der Waals surface area contributed by atoms with E-state index in [9.17, 15) is 9.59 Å². The van der Waals surface area contributed by atoms with Gasteiger partial charge in [0.15, 0.2) is 5.69 Å². The maximum Gasteiger partial charge on any atom is 0.337 e. The van der Waals surface area contributed by atoms with Gasteiger partial charge in [-0.2, -0.15) is 0 Å². The Balaban J connectivity index is 2.07. The molecular formula is C13H12N2O4. The SMILES string of the molecule is COC(=O)c1ccc(NC(=O)c2cc(C)on2)cc1. The van der Waals surface area contributed by atoms with E-state index in [4.69, 9.17) is 4.52 Å². The van der Waals surface area contributed by atoms with Crippen LogP contribution in [0.25, 0.3) is 0 Å². The number of ether oxygens (including phenoxy) is 1. The van der Waals surface area contributed by atoms with Crippen LogP contribution in [-0.4, -0.2) is 24.1 Å². The van der Waals surface area contributed by atoms with Crippen LogP contribution in [0.15, 0.2) is 34.9 Å². The van der Waals surface area contributed by atoms with Crippen LogP contribution in [0.1, 0.15) is 26.6 Å². The number of hydrogen-bond donors (Lipinski definition) is 1. The number of rotatable bonds is 3. The van der Waals surface area contributed by atoms with Crippen molar-refractivity contribution in [3.8, 4) is 0 Å². The summed E-state index contributed by atoms with van der Waals surface area (Å²) in [6.07, 6.45) is 0. The van der Waals surface area contributed by atoms with Crippen molar-refractivity contribution in [2.75, 3.05) is 12.4 Å². The molecule has 1 N–H and O–H groups in total. The van der Waals surface area contributed by atoms with E-state index in [0.717, 1.165) is 0 Å². The molecule has 98 valence electrons. The lowest BCUT2D eigenvalue weighted by molar-refractivity contribution is 0.0600. The fourth-order valence-electron chi connectivity index (χ4n) is 1.48. The minimum absolute atomic E-state index is 0.203. The molecule has 1 amide bonds. The number of aromatic nitrogens is 1. The number of carbonyl (C=O) groups excluding carboxylic acids is 2. The first-order valence-electron chi connectivity index (χ1n) is 5.53. The predicted molar refractivity (Wildman–Crippen MR) is 67.0 cm³/mol. The zero-order chi connectivity index (χ0) is 13.8. The quantitative estimate of drug-likeness (QED) is 0.854. The fourth-order valence-corrected chi connectivity index (χ4v) is 1.48. The summed E-state index contributed by atoms with van der Waals surface area (Å²) >= 11 is 0. The van der Waals surface area contributed by atoms with Gasteiger partial charge in [-0.05, 0) is 31.2 Å². The third-order valence-corrected chi connectivity index (χ3v) is 2.42. The second kappa shape index (κ2) is 5.34. The summed E-state index contributed by atoms with van der Waals surface area (Å²) in [5, 5.41) is 6.25. The molecule has 2 aromatic rings. The Labute approximate surface area is 109 Å². The van der Waals surface area contributed by atoms with Gasteiger partial charge in [-0.25, -0.2) is 4.79 Å². The zero-order valence-electron chi connectivity index (χ0n) is 10.5. The first-order chi connectivity index (χ1) is 9.10. The van der Waals surface area contributed by atoms with E-state index in [1.165, 1.54) is 13.2 Å². The molecule has 0 spiro atoms. The second-order valence-corrected chi connectivity index (χ2v) is 3.85. The summed E-state index contributed by atoms with van der Waals surface area (Å²) < 4.78 is 9.40. The van der Waals surface area contributed by atoms with Crippen molar-refractivity contribution < 1.29 is 18.8 Å². The zero-order valence-corrected chi connectivity index (χ0v) is 10.5. The summed E-state index contributed by atoms with van der Waals surface area (Å²) in [6, 6.07) is 7.89. The summed E-state index contributed by atoms with van der Waals surface area (Å²) in [5.74, 6) is -0.237. The van der Waals surface area contributed by atoms with E-state index >= 15 is 0 Å². The van der Waals surface area contributed by atoms with Crippen molar-refractivity contribution in [1.82, 2.24) is 5.16 Å². The molecule has 1 heterocycles. The van der Waals surface area contributed by atoms with Crippen molar-refractivity contribution in [2.24, 2.45) is 0 Å². The van der Waals surface area contributed by atoms with Gasteiger partial charge in [-0.1, -0.05) is 5.16 Å². The number of anilines is 1. The average molecular weight is 260 g/mol. The van der Waals surface area contributed by atoms with Crippen LogP contribution in [0.5, 0.6) is 0 Å². The number of esters is 1. The molecule has 0 aliphatic rings. The molecule has 0 bridgehead atoms. The summed E-state index contributed by atoms with van der Waals surface area (Å²) in [5.41, 5.74) is 1.17. The molecule has 1 aromatic heterocycles. The van der Waals surface area contributed by atoms with Crippen LogP contribution < -0.4 is 5.32 Å². The van der Waals surface area contributed by atoms with Crippen molar-refractivity contribution >= 4 is 17.6 Å². The molecule has 6 nitrogen and oxygen atoms in total. The normalized spacial score (nSPS) is 10.0. The molecule has 1 aromatic carbocycles. The minimum atomic E-state index is -0.426. The van der Waals surface area contributed by atoms with E-state index < -0.39 is 5.97 Å². The highest BCUT2D eigenvalue weighted by molar-refractivity contribution is 6.03. The first kappa shape index (κ1) is 12.8. The number of methoxy groups -OCH3 is 1. The lowest BCUT2D eigenvalue weighted by Crippen LogP contribution is -2.12. The lowest BCUT2D eigenvalue weighted by Gasteiger charge is -2.03. The molecule has 0 saturated heterocycles. The number of nitrogens with zero attached hydrogens (tertiary/aromatic N) is 1. The van der Waals surface area contributed by atoms with Gasteiger partial charge in [-0.15, -0.1) is 0 Å². The van der Waals surface area contributed by atoms with Gasteiger partial charge in [0.05, 0.1) is 12.7 Å².